The first-order chi connectivity index (χ1) is 33.6. The molecular weight excluding hydrogens is 829 g/mol. The smallest absolute Gasteiger partial charge is 0.136 e. The Bertz CT molecular complexity index is 4050. The van der Waals surface area contributed by atoms with E-state index >= 15 is 0 Å². The average Bonchev–Trinajstić information content (AvgIpc) is 3.98. The zero-order chi connectivity index (χ0) is 44.7. The highest BCUT2D eigenvalue weighted by Crippen LogP contribution is 2.40. The van der Waals surface area contributed by atoms with Crippen LogP contribution in [0.4, 0.5) is 0 Å². The summed E-state index contributed by atoms with van der Waals surface area (Å²) >= 11 is 0. The molecule has 0 atom stereocenters. The molecule has 3 aromatic heterocycles. The van der Waals surface area contributed by atoms with Gasteiger partial charge in [-0.15, -0.1) is 0 Å². The quantitative estimate of drug-likeness (QED) is 0.156. The molecule has 0 saturated heterocycles. The lowest BCUT2D eigenvalue weighted by Crippen LogP contribution is -1.90. The summed E-state index contributed by atoms with van der Waals surface area (Å²) in [4.78, 5) is 9.94. The van der Waals surface area contributed by atoms with Crippen molar-refractivity contribution in [2.75, 3.05) is 0 Å². The molecule has 14 aromatic rings. The van der Waals surface area contributed by atoms with Gasteiger partial charge in [0.15, 0.2) is 0 Å². The lowest BCUT2D eigenvalue weighted by Gasteiger charge is -2.13. The Labute approximate surface area is 391 Å². The molecule has 0 amide bonds. The largest absolute Gasteiger partial charge is 0.456 e. The van der Waals surface area contributed by atoms with E-state index in [4.69, 9.17) is 18.8 Å². The molecule has 0 aliphatic heterocycles. The summed E-state index contributed by atoms with van der Waals surface area (Å²) in [7, 11) is 0. The van der Waals surface area contributed by atoms with Crippen molar-refractivity contribution in [2.24, 2.45) is 0 Å². The van der Waals surface area contributed by atoms with E-state index in [9.17, 15) is 0 Å². The van der Waals surface area contributed by atoms with Crippen LogP contribution in [0.15, 0.2) is 240 Å². The number of aromatic nitrogens is 2. The van der Waals surface area contributed by atoms with Crippen molar-refractivity contribution in [1.29, 1.82) is 0 Å². The molecule has 0 bridgehead atoms. The summed E-state index contributed by atoms with van der Waals surface area (Å²) < 4.78 is 12.5. The van der Waals surface area contributed by atoms with Crippen LogP contribution in [0.25, 0.3) is 143 Å². The Morgan fingerprint density at radius 2 is 0.500 bits per heavy atom. The Kier molecular flexibility index (Phi) is 8.55. The lowest BCUT2D eigenvalue weighted by atomic mass is 9.92. The van der Waals surface area contributed by atoms with E-state index in [2.05, 4.69) is 194 Å². The minimum absolute atomic E-state index is 0.894. The standard InChI is InChI=1S/C64H38N2O2/c1-3-19-59-53(17-1)55-27-23-49(37-61(55)67-59)45-15-7-11-41(33-45)39-9-5-13-43(31-39)47-21-25-51-52-26-22-48(36-58(52)64-63(57(51)35-47)65-29-30-66-64)44-14-6-10-40(32-44)42-12-8-16-46(34-42)50-24-28-56-54-18-2-4-20-60(54)68-62(56)38-50/h1-38H. The first-order valence-corrected chi connectivity index (χ1v) is 23.0. The van der Waals surface area contributed by atoms with Gasteiger partial charge in [0.05, 0.1) is 11.0 Å². The maximum Gasteiger partial charge on any atom is 0.136 e. The fourth-order valence-corrected chi connectivity index (χ4v) is 10.4. The van der Waals surface area contributed by atoms with E-state index in [1.54, 1.807) is 12.4 Å². The van der Waals surface area contributed by atoms with Gasteiger partial charge in [0.2, 0.25) is 0 Å². The number of nitrogens with zero attached hydrogens (tertiary/aromatic N) is 2. The van der Waals surface area contributed by atoms with Crippen LogP contribution >= 0.6 is 0 Å². The minimum atomic E-state index is 0.894. The predicted octanol–water partition coefficient (Wildman–Crippen LogP) is 17.7. The molecule has 0 unspecified atom stereocenters. The zero-order valence-electron chi connectivity index (χ0n) is 36.7. The topological polar surface area (TPSA) is 52.1 Å². The van der Waals surface area contributed by atoms with Crippen molar-refractivity contribution in [3.05, 3.63) is 231 Å². The fraction of sp³-hybridized carbons (Fsp3) is 0. The number of fused-ring (bicyclic) bond motifs is 12. The molecule has 3 heterocycles. The second-order valence-electron chi connectivity index (χ2n) is 17.7. The zero-order valence-corrected chi connectivity index (χ0v) is 36.7. The predicted molar refractivity (Wildman–Crippen MR) is 282 cm³/mol. The molecule has 0 N–H and O–H groups in total. The molecule has 68 heavy (non-hydrogen) atoms. The van der Waals surface area contributed by atoms with Gasteiger partial charge < -0.3 is 8.83 Å². The van der Waals surface area contributed by atoms with Crippen molar-refractivity contribution in [1.82, 2.24) is 9.97 Å². The summed E-state index contributed by atoms with van der Waals surface area (Å²) in [5.74, 6) is 0. The number of furan rings is 2. The molecule has 0 saturated carbocycles. The van der Waals surface area contributed by atoms with E-state index < -0.39 is 0 Å². The molecule has 0 spiro atoms. The van der Waals surface area contributed by atoms with E-state index in [0.29, 0.717) is 0 Å². The average molecular weight is 867 g/mol. The van der Waals surface area contributed by atoms with E-state index in [0.717, 1.165) is 143 Å². The number of benzene rings is 11. The van der Waals surface area contributed by atoms with Crippen molar-refractivity contribution in [2.45, 2.75) is 0 Å². The second-order valence-corrected chi connectivity index (χ2v) is 17.7. The van der Waals surface area contributed by atoms with Crippen molar-refractivity contribution in [3.63, 3.8) is 0 Å². The molecule has 0 aliphatic rings. The first-order valence-electron chi connectivity index (χ1n) is 23.0. The van der Waals surface area contributed by atoms with Crippen LogP contribution in [0.5, 0.6) is 0 Å². The second kappa shape index (κ2) is 15.2. The van der Waals surface area contributed by atoms with Gasteiger partial charge in [-0.3, -0.25) is 9.97 Å². The molecule has 0 radical (unpaired) electrons. The molecule has 4 nitrogen and oxygen atoms in total. The van der Waals surface area contributed by atoms with Gasteiger partial charge in [-0.25, -0.2) is 0 Å². The van der Waals surface area contributed by atoms with E-state index in [-0.39, 0.29) is 0 Å². The summed E-state index contributed by atoms with van der Waals surface area (Å²) in [6.45, 7) is 0. The van der Waals surface area contributed by atoms with Crippen molar-refractivity contribution >= 4 is 76.5 Å². The number of hydrogen-bond acceptors (Lipinski definition) is 4. The molecule has 4 heteroatoms. The highest BCUT2D eigenvalue weighted by Gasteiger charge is 2.16. The van der Waals surface area contributed by atoms with Gasteiger partial charge in [-0.05, 0) is 150 Å². The third kappa shape index (κ3) is 6.30. The maximum atomic E-state index is 6.23. The Hall–Kier alpha value is -9.12. The summed E-state index contributed by atoms with van der Waals surface area (Å²) in [5, 5.41) is 9.02. The third-order valence-corrected chi connectivity index (χ3v) is 13.7. The number of hydrogen-bond donors (Lipinski definition) is 0. The van der Waals surface area contributed by atoms with Crippen LogP contribution in [0, 0.1) is 0 Å². The SMILES string of the molecule is c1cc(-c2cccc(-c3ccc4c5ccc(-c6cccc(-c7cccc(-c8ccc9c(c8)oc8ccccc89)c7)c6)cc5c5nccnc5c4c3)c2)cc(-c2ccc3c(c2)oc2ccccc23)c1. The normalized spacial score (nSPS) is 11.8. The molecule has 0 fully saturated rings. The van der Waals surface area contributed by atoms with Gasteiger partial charge in [-0.1, -0.05) is 146 Å². The van der Waals surface area contributed by atoms with Crippen LogP contribution in [-0.4, -0.2) is 9.97 Å². The van der Waals surface area contributed by atoms with Crippen LogP contribution in [-0.2, 0) is 0 Å². The molecule has 11 aromatic carbocycles. The fourth-order valence-electron chi connectivity index (χ4n) is 10.4. The van der Waals surface area contributed by atoms with Gasteiger partial charge >= 0.3 is 0 Å². The number of para-hydroxylation sites is 2. The van der Waals surface area contributed by atoms with Gasteiger partial charge in [0, 0.05) is 44.7 Å². The van der Waals surface area contributed by atoms with Crippen LogP contribution in [0.3, 0.4) is 0 Å². The van der Waals surface area contributed by atoms with Gasteiger partial charge in [-0.2, -0.15) is 0 Å². The first kappa shape index (κ1) is 38.2. The van der Waals surface area contributed by atoms with Crippen LogP contribution in [0.1, 0.15) is 0 Å². The summed E-state index contributed by atoms with van der Waals surface area (Å²) in [6.07, 6.45) is 3.60. The molecule has 0 aliphatic carbocycles. The maximum absolute atomic E-state index is 6.23. The molecular formula is C64H38N2O2. The van der Waals surface area contributed by atoms with Crippen molar-refractivity contribution < 1.29 is 8.83 Å². The third-order valence-electron chi connectivity index (χ3n) is 13.7. The summed E-state index contributed by atoms with van der Waals surface area (Å²) in [6, 6.07) is 78.2. The Morgan fingerprint density at radius 3 is 0.868 bits per heavy atom. The highest BCUT2D eigenvalue weighted by molar-refractivity contribution is 6.24. The molecule has 14 rings (SSSR count). The van der Waals surface area contributed by atoms with Crippen molar-refractivity contribution in [3.8, 4) is 66.8 Å². The van der Waals surface area contributed by atoms with Gasteiger partial charge in [0.1, 0.15) is 22.3 Å². The van der Waals surface area contributed by atoms with Gasteiger partial charge in [0.25, 0.3) is 0 Å². The Morgan fingerprint density at radius 1 is 0.206 bits per heavy atom. The summed E-state index contributed by atoms with van der Waals surface area (Å²) in [5.41, 5.74) is 19.1. The molecule has 316 valence electrons. The Balaban J connectivity index is 0.791. The van der Waals surface area contributed by atoms with Crippen LogP contribution < -0.4 is 0 Å². The lowest BCUT2D eigenvalue weighted by molar-refractivity contribution is 0.668. The minimum Gasteiger partial charge on any atom is -0.456 e. The highest BCUT2D eigenvalue weighted by atomic mass is 16.3. The van der Waals surface area contributed by atoms with E-state index in [1.165, 1.54) is 0 Å². The monoisotopic (exact) mass is 866 g/mol. The van der Waals surface area contributed by atoms with E-state index in [1.807, 2.05) is 24.3 Å². The number of rotatable bonds is 6. The van der Waals surface area contributed by atoms with Crippen LogP contribution in [0.2, 0.25) is 0 Å².